The first-order chi connectivity index (χ1) is 10.0. The average molecular weight is 339 g/mol. The topological polar surface area (TPSA) is 0 Å². The minimum Gasteiger partial charge on any atom is -0.144 e. The lowest BCUT2D eigenvalue weighted by Crippen LogP contribution is -2.53. The molecule has 0 aliphatic heterocycles. The highest BCUT2D eigenvalue weighted by atomic mass is 32.1. The third-order valence-electron chi connectivity index (χ3n) is 6.24. The van der Waals surface area contributed by atoms with E-state index < -0.39 is 16.1 Å². The monoisotopic (exact) mass is 338 g/mol. The first-order valence-electron chi connectivity index (χ1n) is 8.83. The van der Waals surface area contributed by atoms with Crippen LogP contribution in [0.5, 0.6) is 0 Å². The molecule has 0 nitrogen and oxygen atoms in total. The molecule has 0 saturated heterocycles. The van der Waals surface area contributed by atoms with Crippen molar-refractivity contribution in [2.45, 2.75) is 82.7 Å². The van der Waals surface area contributed by atoms with Crippen molar-refractivity contribution in [3.05, 3.63) is 18.2 Å². The Labute approximate surface area is 140 Å². The second kappa shape index (κ2) is 8.02. The maximum absolute atomic E-state index is 5.09. The van der Waals surface area contributed by atoms with Crippen LogP contribution in [0, 0.1) is 0 Å². The highest BCUT2D eigenvalue weighted by molar-refractivity contribution is 7.81. The Morgan fingerprint density at radius 3 is 1.19 bits per heavy atom. The van der Waals surface area contributed by atoms with Gasteiger partial charge in [0.1, 0.15) is 0 Å². The summed E-state index contributed by atoms with van der Waals surface area (Å²) in [5, 5.41) is 3.28. The molecule has 0 aliphatic rings. The summed E-state index contributed by atoms with van der Waals surface area (Å²) in [4.78, 5) is 1.38. The molecule has 3 heteroatoms. The molecule has 0 spiro atoms. The molecular weight excluding hydrogens is 304 g/mol. The van der Waals surface area contributed by atoms with Crippen LogP contribution in [-0.4, -0.2) is 16.1 Å². The van der Waals surface area contributed by atoms with Gasteiger partial charge >= 0.3 is 0 Å². The Morgan fingerprint density at radius 2 is 0.952 bits per heavy atom. The Morgan fingerprint density at radius 1 is 0.667 bits per heavy atom. The third-order valence-corrected chi connectivity index (χ3v) is 18.4. The van der Waals surface area contributed by atoms with Gasteiger partial charge in [0.2, 0.25) is 0 Å². The number of hydrogen-bond acceptors (Lipinski definition) is 1. The van der Waals surface area contributed by atoms with Crippen molar-refractivity contribution in [3.8, 4) is 0 Å². The van der Waals surface area contributed by atoms with Crippen molar-refractivity contribution in [3.63, 3.8) is 0 Å². The molecule has 0 aromatic heterocycles. The molecule has 0 amide bonds. The van der Waals surface area contributed by atoms with Gasteiger partial charge in [-0.15, -0.1) is 12.6 Å². The summed E-state index contributed by atoms with van der Waals surface area (Å²) in [6.45, 7) is 14.4. The molecule has 0 radical (unpaired) electrons. The molecule has 0 bridgehead atoms. The molecule has 1 aromatic carbocycles. The second-order valence-corrected chi connectivity index (χ2v) is 17.3. The summed E-state index contributed by atoms with van der Waals surface area (Å²) in [6.07, 6.45) is 0. The van der Waals surface area contributed by atoms with E-state index in [1.807, 2.05) is 0 Å². The van der Waals surface area contributed by atoms with E-state index in [0.29, 0.717) is 0 Å². The van der Waals surface area contributed by atoms with E-state index in [1.165, 1.54) is 41.2 Å². The third kappa shape index (κ3) is 3.35. The Balaban J connectivity index is 3.52. The SMILES string of the molecule is CC[Si](CC)(CC)c1cccc([Si](CC)(CC)CC)c1S. The minimum atomic E-state index is -1.34. The fraction of sp³-hybridized carbons (Fsp3) is 0.667. The van der Waals surface area contributed by atoms with Crippen LogP contribution in [0.15, 0.2) is 23.1 Å². The van der Waals surface area contributed by atoms with Gasteiger partial charge in [0.25, 0.3) is 0 Å². The molecule has 1 aromatic rings. The Bertz CT molecular complexity index is 394. The molecular formula is C18H34SSi2. The van der Waals surface area contributed by atoms with Crippen LogP contribution in [0.1, 0.15) is 41.5 Å². The summed E-state index contributed by atoms with van der Waals surface area (Å²) < 4.78 is 0. The maximum Gasteiger partial charge on any atom is 0.0873 e. The smallest absolute Gasteiger partial charge is 0.0873 e. The van der Waals surface area contributed by atoms with Gasteiger partial charge in [-0.1, -0.05) is 96.0 Å². The van der Waals surface area contributed by atoms with E-state index in [1.54, 1.807) is 10.4 Å². The van der Waals surface area contributed by atoms with Crippen molar-refractivity contribution in [1.82, 2.24) is 0 Å². The van der Waals surface area contributed by atoms with Gasteiger partial charge in [0.05, 0.1) is 16.1 Å². The van der Waals surface area contributed by atoms with E-state index in [9.17, 15) is 0 Å². The van der Waals surface area contributed by atoms with Crippen LogP contribution < -0.4 is 10.4 Å². The minimum absolute atomic E-state index is 1.34. The van der Waals surface area contributed by atoms with E-state index in [4.69, 9.17) is 12.6 Å². The van der Waals surface area contributed by atoms with Gasteiger partial charge in [-0.25, -0.2) is 0 Å². The second-order valence-electron chi connectivity index (χ2n) is 6.38. The Kier molecular flexibility index (Phi) is 7.28. The molecule has 120 valence electrons. The van der Waals surface area contributed by atoms with Gasteiger partial charge in [0.15, 0.2) is 0 Å². The van der Waals surface area contributed by atoms with Crippen molar-refractivity contribution >= 4 is 39.1 Å². The summed E-state index contributed by atoms with van der Waals surface area (Å²) in [6, 6.07) is 15.2. The zero-order valence-electron chi connectivity index (χ0n) is 14.9. The molecule has 0 N–H and O–H groups in total. The zero-order chi connectivity index (χ0) is 16.1. The Hall–Kier alpha value is 0.00377. The molecule has 0 heterocycles. The molecule has 0 fully saturated rings. The van der Waals surface area contributed by atoms with Crippen LogP contribution in [-0.2, 0) is 0 Å². The lowest BCUT2D eigenvalue weighted by Gasteiger charge is -2.35. The largest absolute Gasteiger partial charge is 0.144 e. The highest BCUT2D eigenvalue weighted by Gasteiger charge is 2.36. The molecule has 21 heavy (non-hydrogen) atoms. The predicted octanol–water partition coefficient (Wildman–Crippen LogP) is 5.41. The quantitative estimate of drug-likeness (QED) is 0.476. The highest BCUT2D eigenvalue weighted by Crippen LogP contribution is 2.27. The number of benzene rings is 1. The van der Waals surface area contributed by atoms with E-state index in [2.05, 4.69) is 59.7 Å². The maximum atomic E-state index is 5.09. The van der Waals surface area contributed by atoms with Gasteiger partial charge in [-0.2, -0.15) is 0 Å². The lowest BCUT2D eigenvalue weighted by atomic mass is 10.3. The zero-order valence-corrected chi connectivity index (χ0v) is 17.8. The normalized spacial score (nSPS) is 12.7. The standard InChI is InChI=1S/C18H34SSi2/c1-7-20(8-2,9-3)16-14-13-15-17(18(16)19)21(10-4,11-5)12-6/h13-15,19H,7-12H2,1-6H3. The van der Waals surface area contributed by atoms with E-state index >= 15 is 0 Å². The van der Waals surface area contributed by atoms with Crippen molar-refractivity contribution < 1.29 is 0 Å². The first-order valence-corrected chi connectivity index (χ1v) is 14.5. The van der Waals surface area contributed by atoms with Crippen LogP contribution >= 0.6 is 12.6 Å². The van der Waals surface area contributed by atoms with Crippen LogP contribution in [0.2, 0.25) is 36.3 Å². The number of rotatable bonds is 8. The summed E-state index contributed by atoms with van der Waals surface area (Å²) >= 11 is 5.09. The molecule has 0 atom stereocenters. The molecule has 0 saturated carbocycles. The fourth-order valence-corrected chi connectivity index (χ4v) is 13.2. The number of hydrogen-bond donors (Lipinski definition) is 1. The van der Waals surface area contributed by atoms with Crippen LogP contribution in [0.4, 0.5) is 0 Å². The van der Waals surface area contributed by atoms with E-state index in [-0.39, 0.29) is 0 Å². The summed E-state index contributed by atoms with van der Waals surface area (Å²) in [5.41, 5.74) is 0. The first kappa shape index (κ1) is 19.1. The average Bonchev–Trinajstić information content (AvgIpc) is 2.54. The van der Waals surface area contributed by atoms with Gasteiger partial charge < -0.3 is 0 Å². The van der Waals surface area contributed by atoms with Crippen molar-refractivity contribution in [1.29, 1.82) is 0 Å². The molecule has 1 rings (SSSR count). The van der Waals surface area contributed by atoms with Gasteiger partial charge in [-0.05, 0) is 10.4 Å². The number of thiol groups is 1. The van der Waals surface area contributed by atoms with Crippen LogP contribution in [0.25, 0.3) is 0 Å². The summed E-state index contributed by atoms with van der Waals surface area (Å²) in [5.74, 6) is 0. The van der Waals surface area contributed by atoms with Crippen molar-refractivity contribution in [2.24, 2.45) is 0 Å². The molecule has 0 unspecified atom stereocenters. The van der Waals surface area contributed by atoms with Crippen molar-refractivity contribution in [2.75, 3.05) is 0 Å². The summed E-state index contributed by atoms with van der Waals surface area (Å²) in [7, 11) is -2.68. The van der Waals surface area contributed by atoms with Crippen LogP contribution in [0.3, 0.4) is 0 Å². The van der Waals surface area contributed by atoms with Gasteiger partial charge in [-0.3, -0.25) is 0 Å². The fourth-order valence-electron chi connectivity index (χ4n) is 4.04. The van der Waals surface area contributed by atoms with E-state index in [0.717, 1.165) is 0 Å². The molecule has 0 aliphatic carbocycles. The predicted molar refractivity (Wildman–Crippen MR) is 107 cm³/mol. The lowest BCUT2D eigenvalue weighted by molar-refractivity contribution is 1.17. The van der Waals surface area contributed by atoms with Gasteiger partial charge in [0, 0.05) is 4.90 Å².